The smallest absolute Gasteiger partial charge is 0.160 e. The van der Waals surface area contributed by atoms with Gasteiger partial charge in [-0.05, 0) is 63.5 Å². The zero-order valence-corrected chi connectivity index (χ0v) is 24.5. The minimum Gasteiger partial charge on any atom is -0.456 e. The molecule has 2 heterocycles. The van der Waals surface area contributed by atoms with Gasteiger partial charge in [-0.25, -0.2) is 9.97 Å². The van der Waals surface area contributed by atoms with Gasteiger partial charge in [-0.3, -0.25) is 0 Å². The van der Waals surface area contributed by atoms with Crippen molar-refractivity contribution in [2.75, 3.05) is 0 Å². The van der Waals surface area contributed by atoms with Gasteiger partial charge in [0, 0.05) is 33.1 Å². The lowest BCUT2D eigenvalue weighted by Gasteiger charge is -2.22. The highest BCUT2D eigenvalue weighted by Gasteiger charge is 2.35. The van der Waals surface area contributed by atoms with E-state index in [0.29, 0.717) is 5.82 Å². The summed E-state index contributed by atoms with van der Waals surface area (Å²) in [5.41, 5.74) is 12.3. The van der Waals surface area contributed by atoms with E-state index in [1.54, 1.807) is 0 Å². The lowest BCUT2D eigenvalue weighted by molar-refractivity contribution is 0.487. The van der Waals surface area contributed by atoms with Crippen molar-refractivity contribution in [2.45, 2.75) is 19.3 Å². The van der Waals surface area contributed by atoms with Crippen LogP contribution in [0.15, 0.2) is 133 Å². The molecule has 0 radical (unpaired) electrons. The number of aromatic nitrogens is 2. The molecular formula is C41H28N2O. The van der Waals surface area contributed by atoms with Gasteiger partial charge in [0.15, 0.2) is 5.82 Å². The van der Waals surface area contributed by atoms with Gasteiger partial charge in [-0.2, -0.15) is 0 Å². The molecule has 1 aliphatic carbocycles. The van der Waals surface area contributed by atoms with Crippen LogP contribution in [0.5, 0.6) is 11.5 Å². The second-order valence-electron chi connectivity index (χ2n) is 12.2. The van der Waals surface area contributed by atoms with E-state index in [9.17, 15) is 0 Å². The molecule has 44 heavy (non-hydrogen) atoms. The Labute approximate surface area is 256 Å². The van der Waals surface area contributed by atoms with E-state index >= 15 is 0 Å². The van der Waals surface area contributed by atoms with E-state index in [2.05, 4.69) is 123 Å². The van der Waals surface area contributed by atoms with Gasteiger partial charge in [0.2, 0.25) is 0 Å². The van der Waals surface area contributed by atoms with Crippen LogP contribution >= 0.6 is 0 Å². The third-order valence-corrected chi connectivity index (χ3v) is 9.29. The Morgan fingerprint density at radius 2 is 1.14 bits per heavy atom. The Balaban J connectivity index is 1.20. The van der Waals surface area contributed by atoms with Crippen LogP contribution in [0.2, 0.25) is 0 Å². The highest BCUT2D eigenvalue weighted by molar-refractivity contribution is 6.04. The zero-order valence-electron chi connectivity index (χ0n) is 24.5. The van der Waals surface area contributed by atoms with Crippen molar-refractivity contribution in [1.82, 2.24) is 9.97 Å². The van der Waals surface area contributed by atoms with Crippen molar-refractivity contribution in [3.05, 3.63) is 145 Å². The maximum Gasteiger partial charge on any atom is 0.160 e. The molecule has 3 heteroatoms. The molecular weight excluding hydrogens is 536 g/mol. The Hall–Kier alpha value is -5.54. The summed E-state index contributed by atoms with van der Waals surface area (Å²) >= 11 is 0. The maximum atomic E-state index is 6.50. The molecule has 0 unspecified atom stereocenters. The number of nitrogens with zero attached hydrogens (tertiary/aromatic N) is 2. The number of rotatable bonds is 3. The molecule has 3 nitrogen and oxygen atoms in total. The van der Waals surface area contributed by atoms with Gasteiger partial charge >= 0.3 is 0 Å². The van der Waals surface area contributed by atoms with Crippen LogP contribution in [-0.2, 0) is 5.41 Å². The quantitative estimate of drug-likeness (QED) is 0.214. The van der Waals surface area contributed by atoms with E-state index in [0.717, 1.165) is 50.5 Å². The summed E-state index contributed by atoms with van der Waals surface area (Å²) in [5, 5.41) is 2.34. The van der Waals surface area contributed by atoms with Crippen molar-refractivity contribution < 1.29 is 4.74 Å². The highest BCUT2D eigenvalue weighted by atomic mass is 16.5. The summed E-state index contributed by atoms with van der Waals surface area (Å²) < 4.78 is 6.50. The molecule has 0 saturated carbocycles. The number of hydrogen-bond donors (Lipinski definition) is 0. The molecule has 0 N–H and O–H groups in total. The predicted octanol–water partition coefficient (Wildman–Crippen LogP) is 10.7. The average Bonchev–Trinajstić information content (AvgIpc) is 3.31. The van der Waals surface area contributed by atoms with E-state index in [4.69, 9.17) is 14.7 Å². The first-order valence-electron chi connectivity index (χ1n) is 15.1. The van der Waals surface area contributed by atoms with Crippen molar-refractivity contribution >= 4 is 10.8 Å². The number of hydrogen-bond acceptors (Lipinski definition) is 3. The van der Waals surface area contributed by atoms with Crippen LogP contribution in [-0.4, -0.2) is 9.97 Å². The maximum absolute atomic E-state index is 6.50. The van der Waals surface area contributed by atoms with Crippen LogP contribution in [0.25, 0.3) is 66.9 Å². The lowest BCUT2D eigenvalue weighted by atomic mass is 9.82. The summed E-state index contributed by atoms with van der Waals surface area (Å²) in [6.07, 6.45) is 0. The van der Waals surface area contributed by atoms with Crippen LogP contribution in [0.3, 0.4) is 0 Å². The summed E-state index contributed by atoms with van der Waals surface area (Å²) in [4.78, 5) is 10.2. The zero-order chi connectivity index (χ0) is 29.4. The topological polar surface area (TPSA) is 35.0 Å². The molecule has 0 saturated heterocycles. The molecule has 208 valence electrons. The molecule has 0 spiro atoms. The minimum absolute atomic E-state index is 0.0883. The van der Waals surface area contributed by atoms with Gasteiger partial charge in [0.05, 0.1) is 11.4 Å². The molecule has 0 fully saturated rings. The normalized spacial score (nSPS) is 13.6. The lowest BCUT2D eigenvalue weighted by Crippen LogP contribution is -2.14. The van der Waals surface area contributed by atoms with Crippen LogP contribution in [0.1, 0.15) is 25.0 Å². The van der Waals surface area contributed by atoms with Gasteiger partial charge in [-0.1, -0.05) is 117 Å². The highest BCUT2D eigenvalue weighted by Crippen LogP contribution is 2.50. The van der Waals surface area contributed by atoms with Crippen LogP contribution < -0.4 is 4.74 Å². The van der Waals surface area contributed by atoms with Crippen molar-refractivity contribution in [1.29, 1.82) is 0 Å². The fourth-order valence-electron chi connectivity index (χ4n) is 7.05. The third-order valence-electron chi connectivity index (χ3n) is 9.29. The number of ether oxygens (including phenoxy) is 1. The second-order valence-corrected chi connectivity index (χ2v) is 12.2. The largest absolute Gasteiger partial charge is 0.456 e. The standard InChI is InChI=1S/C41H28N2O/c1-41(2)33-16-7-6-14-29(33)30-20-18-27(22-34(30)41)35-24-36(43-40(42-35)26-10-4-3-5-11-26)28-19-21-31-32-15-8-12-25-13-9-17-37(39(25)32)44-38(31)23-28/h3-24H,1-2H3. The van der Waals surface area contributed by atoms with Crippen molar-refractivity contribution in [2.24, 2.45) is 0 Å². The molecule has 0 amide bonds. The molecule has 9 rings (SSSR count). The van der Waals surface area contributed by atoms with Crippen LogP contribution in [0.4, 0.5) is 0 Å². The van der Waals surface area contributed by atoms with Gasteiger partial charge < -0.3 is 4.74 Å². The van der Waals surface area contributed by atoms with Crippen LogP contribution in [0, 0.1) is 0 Å². The van der Waals surface area contributed by atoms with Gasteiger partial charge in [0.25, 0.3) is 0 Å². The molecule has 0 atom stereocenters. The van der Waals surface area contributed by atoms with Crippen molar-refractivity contribution in [3.63, 3.8) is 0 Å². The van der Waals surface area contributed by atoms with E-state index < -0.39 is 0 Å². The first kappa shape index (κ1) is 25.0. The Kier molecular flexibility index (Phi) is 5.24. The number of fused-ring (bicyclic) bond motifs is 5. The summed E-state index contributed by atoms with van der Waals surface area (Å²) in [5.74, 6) is 2.43. The van der Waals surface area contributed by atoms with E-state index in [1.165, 1.54) is 33.2 Å². The molecule has 7 aromatic rings. The minimum atomic E-state index is -0.0883. The Morgan fingerprint density at radius 3 is 1.95 bits per heavy atom. The Morgan fingerprint density at radius 1 is 0.477 bits per heavy atom. The first-order valence-corrected chi connectivity index (χ1v) is 15.1. The summed E-state index contributed by atoms with van der Waals surface area (Å²) in [7, 11) is 0. The predicted molar refractivity (Wildman–Crippen MR) is 179 cm³/mol. The van der Waals surface area contributed by atoms with E-state index in [1.807, 2.05) is 24.3 Å². The third kappa shape index (κ3) is 3.69. The Bertz CT molecular complexity index is 2280. The number of benzene rings is 6. The molecule has 2 aliphatic rings. The SMILES string of the molecule is CC1(C)c2ccccc2-c2ccc(-c3cc(-c4ccc5c(c4)Oc4cccc6cccc-5c46)nc(-c4ccccc4)n3)cc21. The van der Waals surface area contributed by atoms with Gasteiger partial charge in [0.1, 0.15) is 11.5 Å². The molecule has 1 aliphatic heterocycles. The fourth-order valence-corrected chi connectivity index (χ4v) is 7.05. The molecule has 0 bridgehead atoms. The van der Waals surface area contributed by atoms with Crippen molar-refractivity contribution in [3.8, 4) is 67.7 Å². The summed E-state index contributed by atoms with van der Waals surface area (Å²) in [6, 6.07) is 47.0. The van der Waals surface area contributed by atoms with E-state index in [-0.39, 0.29) is 5.41 Å². The van der Waals surface area contributed by atoms with Gasteiger partial charge in [-0.15, -0.1) is 0 Å². The second kappa shape index (κ2) is 9.23. The molecule has 6 aromatic carbocycles. The summed E-state index contributed by atoms with van der Waals surface area (Å²) in [6.45, 7) is 4.63. The molecule has 1 aromatic heterocycles. The monoisotopic (exact) mass is 564 g/mol. The average molecular weight is 565 g/mol. The first-order chi connectivity index (χ1) is 21.5. The fraction of sp³-hybridized carbons (Fsp3) is 0.0732.